The predicted octanol–water partition coefficient (Wildman–Crippen LogP) is 4.59. The van der Waals surface area contributed by atoms with Crippen LogP contribution in [0.5, 0.6) is 5.75 Å². The first kappa shape index (κ1) is 26.2. The van der Waals surface area contributed by atoms with Crippen molar-refractivity contribution in [2.45, 2.75) is 70.1 Å². The number of carbonyl (C=O) groups is 1. The largest absolute Gasteiger partial charge is 0.483 e. The number of hydrogen-bond donors (Lipinski definition) is 1. The molecule has 1 saturated heterocycles. The minimum atomic E-state index is -3.44. The standard InChI is InChI=1S/C27H38N2O4S/c1-21-9-14-25(24(19-21)27(2,3)4)33-20-26(30)28-16-15-22-10-12-23(13-11-22)34(31,32)29-17-7-5-6-8-18-29/h9-14,19H,5-8,15-18,20H2,1-4H3,(H,28,30). The Hall–Kier alpha value is -2.38. The van der Waals surface area contributed by atoms with E-state index in [0.29, 0.717) is 31.0 Å². The van der Waals surface area contributed by atoms with Crippen LogP contribution >= 0.6 is 0 Å². The van der Waals surface area contributed by atoms with Crippen LogP contribution in [-0.2, 0) is 26.7 Å². The number of hydrogen-bond acceptors (Lipinski definition) is 4. The van der Waals surface area contributed by atoms with Gasteiger partial charge in [-0.25, -0.2) is 8.42 Å². The fraction of sp³-hybridized carbons (Fsp3) is 0.519. The van der Waals surface area contributed by atoms with Gasteiger partial charge in [0.25, 0.3) is 5.91 Å². The SMILES string of the molecule is Cc1ccc(OCC(=O)NCCc2ccc(S(=O)(=O)N3CCCCCC3)cc2)c(C(C)(C)C)c1. The summed E-state index contributed by atoms with van der Waals surface area (Å²) in [6, 6.07) is 13.0. The average molecular weight is 487 g/mol. The van der Waals surface area contributed by atoms with E-state index >= 15 is 0 Å². The molecule has 1 N–H and O–H groups in total. The van der Waals surface area contributed by atoms with Gasteiger partial charge in [0.2, 0.25) is 10.0 Å². The van der Waals surface area contributed by atoms with Crippen molar-refractivity contribution in [2.75, 3.05) is 26.2 Å². The van der Waals surface area contributed by atoms with Crippen molar-refractivity contribution in [1.82, 2.24) is 9.62 Å². The van der Waals surface area contributed by atoms with E-state index in [-0.39, 0.29) is 17.9 Å². The van der Waals surface area contributed by atoms with Crippen LogP contribution < -0.4 is 10.1 Å². The van der Waals surface area contributed by atoms with Crippen molar-refractivity contribution < 1.29 is 17.9 Å². The van der Waals surface area contributed by atoms with Gasteiger partial charge in [0.05, 0.1) is 4.90 Å². The fourth-order valence-electron chi connectivity index (χ4n) is 4.16. The maximum Gasteiger partial charge on any atom is 0.257 e. The number of nitrogens with zero attached hydrogens (tertiary/aromatic N) is 1. The van der Waals surface area contributed by atoms with Crippen LogP contribution in [0.3, 0.4) is 0 Å². The average Bonchev–Trinajstić information content (AvgIpc) is 3.08. The van der Waals surface area contributed by atoms with Crippen LogP contribution in [0, 0.1) is 6.92 Å². The number of carbonyl (C=O) groups excluding carboxylic acids is 1. The number of amides is 1. The first-order valence-corrected chi connectivity index (χ1v) is 13.6. The van der Waals surface area contributed by atoms with Crippen molar-refractivity contribution in [2.24, 2.45) is 0 Å². The topological polar surface area (TPSA) is 75.7 Å². The summed E-state index contributed by atoms with van der Waals surface area (Å²) in [5, 5.41) is 2.88. The van der Waals surface area contributed by atoms with E-state index in [0.717, 1.165) is 48.1 Å². The lowest BCUT2D eigenvalue weighted by Gasteiger charge is -2.23. The third-order valence-electron chi connectivity index (χ3n) is 6.16. The third kappa shape index (κ3) is 7.06. The Morgan fingerprint density at radius 1 is 1.00 bits per heavy atom. The Kier molecular flexibility index (Phi) is 8.77. The Morgan fingerprint density at radius 2 is 1.65 bits per heavy atom. The second-order valence-corrected chi connectivity index (χ2v) is 12.0. The smallest absolute Gasteiger partial charge is 0.257 e. The molecule has 0 spiro atoms. The second kappa shape index (κ2) is 11.4. The minimum absolute atomic E-state index is 0.0425. The van der Waals surface area contributed by atoms with Gasteiger partial charge in [0, 0.05) is 19.6 Å². The molecule has 7 heteroatoms. The third-order valence-corrected chi connectivity index (χ3v) is 8.08. The summed E-state index contributed by atoms with van der Waals surface area (Å²) in [5.41, 5.74) is 3.14. The van der Waals surface area contributed by atoms with Gasteiger partial charge in [-0.1, -0.05) is 63.4 Å². The lowest BCUT2D eigenvalue weighted by molar-refractivity contribution is -0.123. The number of aryl methyl sites for hydroxylation is 1. The lowest BCUT2D eigenvalue weighted by atomic mass is 9.85. The van der Waals surface area contributed by atoms with Gasteiger partial charge in [0.1, 0.15) is 5.75 Å². The van der Waals surface area contributed by atoms with Crippen molar-refractivity contribution in [3.05, 3.63) is 59.2 Å². The van der Waals surface area contributed by atoms with E-state index in [1.54, 1.807) is 16.4 Å². The summed E-state index contributed by atoms with van der Waals surface area (Å²) >= 11 is 0. The molecule has 3 rings (SSSR count). The quantitative estimate of drug-likeness (QED) is 0.592. The summed E-state index contributed by atoms with van der Waals surface area (Å²) in [5.74, 6) is 0.551. The Bertz CT molecular complexity index is 1060. The fourth-order valence-corrected chi connectivity index (χ4v) is 5.67. The summed E-state index contributed by atoms with van der Waals surface area (Å²) in [7, 11) is -3.44. The van der Waals surface area contributed by atoms with Gasteiger partial charge in [-0.2, -0.15) is 4.31 Å². The first-order chi connectivity index (χ1) is 16.1. The number of rotatable bonds is 8. The molecule has 1 heterocycles. The molecule has 0 aliphatic carbocycles. The second-order valence-electron chi connectivity index (χ2n) is 10.1. The van der Waals surface area contributed by atoms with Crippen LogP contribution in [0.15, 0.2) is 47.4 Å². The zero-order valence-corrected chi connectivity index (χ0v) is 21.7. The zero-order valence-electron chi connectivity index (χ0n) is 20.9. The van der Waals surface area contributed by atoms with Gasteiger partial charge in [0.15, 0.2) is 6.61 Å². The van der Waals surface area contributed by atoms with E-state index in [9.17, 15) is 13.2 Å². The zero-order chi connectivity index (χ0) is 24.8. The Morgan fingerprint density at radius 3 is 2.26 bits per heavy atom. The number of benzene rings is 2. The number of nitrogens with one attached hydrogen (secondary N) is 1. The molecule has 0 bridgehead atoms. The molecule has 0 saturated carbocycles. The number of sulfonamides is 1. The lowest BCUT2D eigenvalue weighted by Crippen LogP contribution is -2.32. The molecule has 0 aromatic heterocycles. The van der Waals surface area contributed by atoms with E-state index in [1.165, 1.54) is 0 Å². The highest BCUT2D eigenvalue weighted by molar-refractivity contribution is 7.89. The summed E-state index contributed by atoms with van der Waals surface area (Å²) in [6.45, 7) is 10.0. The molecule has 1 aliphatic heterocycles. The minimum Gasteiger partial charge on any atom is -0.483 e. The molecule has 0 unspecified atom stereocenters. The molecule has 1 aliphatic rings. The van der Waals surface area contributed by atoms with Crippen molar-refractivity contribution >= 4 is 15.9 Å². The highest BCUT2D eigenvalue weighted by Gasteiger charge is 2.25. The van der Waals surface area contributed by atoms with Gasteiger partial charge in [-0.05, 0) is 60.9 Å². The first-order valence-electron chi connectivity index (χ1n) is 12.2. The van der Waals surface area contributed by atoms with E-state index < -0.39 is 10.0 Å². The predicted molar refractivity (Wildman–Crippen MR) is 136 cm³/mol. The normalized spacial score (nSPS) is 15.5. The monoisotopic (exact) mass is 486 g/mol. The highest BCUT2D eigenvalue weighted by atomic mass is 32.2. The van der Waals surface area contributed by atoms with Gasteiger partial charge >= 0.3 is 0 Å². The van der Waals surface area contributed by atoms with Crippen LogP contribution in [0.2, 0.25) is 0 Å². The van der Waals surface area contributed by atoms with Crippen molar-refractivity contribution in [1.29, 1.82) is 0 Å². The maximum absolute atomic E-state index is 12.9. The summed E-state index contributed by atoms with van der Waals surface area (Å²) < 4.78 is 33.2. The molecule has 0 radical (unpaired) electrons. The van der Waals surface area contributed by atoms with Gasteiger partial charge in [-0.3, -0.25) is 4.79 Å². The summed E-state index contributed by atoms with van der Waals surface area (Å²) in [4.78, 5) is 12.6. The molecular weight excluding hydrogens is 448 g/mol. The molecule has 34 heavy (non-hydrogen) atoms. The van der Waals surface area contributed by atoms with Crippen LogP contribution in [0.1, 0.15) is 63.1 Å². The maximum atomic E-state index is 12.9. The Balaban J connectivity index is 1.49. The molecule has 0 atom stereocenters. The van der Waals surface area contributed by atoms with Crippen LogP contribution in [-0.4, -0.2) is 44.9 Å². The van der Waals surface area contributed by atoms with E-state index in [2.05, 4.69) is 32.2 Å². The highest BCUT2D eigenvalue weighted by Crippen LogP contribution is 2.32. The van der Waals surface area contributed by atoms with Crippen molar-refractivity contribution in [3.8, 4) is 5.75 Å². The molecule has 186 valence electrons. The molecule has 1 amide bonds. The van der Waals surface area contributed by atoms with Crippen LogP contribution in [0.25, 0.3) is 0 Å². The molecule has 2 aromatic carbocycles. The van der Waals surface area contributed by atoms with Gasteiger partial charge < -0.3 is 10.1 Å². The molecule has 2 aromatic rings. The van der Waals surface area contributed by atoms with E-state index in [1.807, 2.05) is 31.2 Å². The Labute approximate surface area is 204 Å². The van der Waals surface area contributed by atoms with E-state index in [4.69, 9.17) is 4.74 Å². The molecular formula is C27H38N2O4S. The number of ether oxygens (including phenoxy) is 1. The van der Waals surface area contributed by atoms with Gasteiger partial charge in [-0.15, -0.1) is 0 Å². The van der Waals surface area contributed by atoms with Crippen molar-refractivity contribution in [3.63, 3.8) is 0 Å². The molecule has 6 nitrogen and oxygen atoms in total. The van der Waals surface area contributed by atoms with Crippen LogP contribution in [0.4, 0.5) is 0 Å². The molecule has 1 fully saturated rings. The summed E-state index contributed by atoms with van der Waals surface area (Å²) in [6.07, 6.45) is 4.63.